The van der Waals surface area contributed by atoms with E-state index in [4.69, 9.17) is 17.3 Å². The fourth-order valence-corrected chi connectivity index (χ4v) is 3.79. The summed E-state index contributed by atoms with van der Waals surface area (Å²) in [6.45, 7) is 0. The lowest BCUT2D eigenvalue weighted by molar-refractivity contribution is 0.0213. The molecule has 0 saturated heterocycles. The van der Waals surface area contributed by atoms with Gasteiger partial charge in [0.1, 0.15) is 5.75 Å². The molecule has 0 radical (unpaired) electrons. The molecule has 0 amide bonds. The van der Waals surface area contributed by atoms with Crippen LogP contribution in [0, 0.1) is 0 Å². The molecule has 0 aliphatic carbocycles. The second-order valence-electron chi connectivity index (χ2n) is 4.52. The predicted octanol–water partition coefficient (Wildman–Crippen LogP) is 3.49. The van der Waals surface area contributed by atoms with Crippen LogP contribution in [0.3, 0.4) is 0 Å². The standard InChI is InChI=1S/C14H12ClF2NO2S/c15-12-7-6-11(18)8-13(12)21(19,20)9-14(16,17)10-4-2-1-3-5-10/h1-8H,9,18H2. The number of alkyl halides is 2. The number of nitrogen functional groups attached to an aromatic ring is 1. The van der Waals surface area contributed by atoms with Gasteiger partial charge in [0.25, 0.3) is 5.92 Å². The van der Waals surface area contributed by atoms with Gasteiger partial charge in [-0.2, -0.15) is 0 Å². The number of benzene rings is 2. The minimum absolute atomic E-state index is 0.131. The fourth-order valence-electron chi connectivity index (χ4n) is 1.84. The summed E-state index contributed by atoms with van der Waals surface area (Å²) in [5.41, 5.74) is 5.26. The lowest BCUT2D eigenvalue weighted by Crippen LogP contribution is -2.26. The van der Waals surface area contributed by atoms with Crippen LogP contribution in [0.15, 0.2) is 53.4 Å². The Kier molecular flexibility index (Phi) is 4.20. The third-order valence-corrected chi connectivity index (χ3v) is 5.05. The number of rotatable bonds is 4. The van der Waals surface area contributed by atoms with E-state index in [1.807, 2.05) is 0 Å². The van der Waals surface area contributed by atoms with Gasteiger partial charge in [0.15, 0.2) is 9.84 Å². The summed E-state index contributed by atoms with van der Waals surface area (Å²) in [6, 6.07) is 10.5. The van der Waals surface area contributed by atoms with Crippen LogP contribution < -0.4 is 5.73 Å². The molecular weight excluding hydrogens is 320 g/mol. The van der Waals surface area contributed by atoms with Crippen LogP contribution in [0.5, 0.6) is 0 Å². The molecule has 112 valence electrons. The molecule has 2 aromatic carbocycles. The Bertz CT molecular complexity index is 749. The third-order valence-electron chi connectivity index (χ3n) is 2.86. The third kappa shape index (κ3) is 3.51. The molecule has 2 N–H and O–H groups in total. The zero-order chi connectivity index (χ0) is 15.7. The highest BCUT2D eigenvalue weighted by Crippen LogP contribution is 2.34. The van der Waals surface area contributed by atoms with Crippen LogP contribution >= 0.6 is 11.6 Å². The first-order valence-electron chi connectivity index (χ1n) is 5.93. The SMILES string of the molecule is Nc1ccc(Cl)c(S(=O)(=O)CC(F)(F)c2ccccc2)c1. The quantitative estimate of drug-likeness (QED) is 0.872. The molecule has 0 unspecified atom stereocenters. The van der Waals surface area contributed by atoms with Crippen molar-refractivity contribution < 1.29 is 17.2 Å². The molecule has 3 nitrogen and oxygen atoms in total. The number of sulfone groups is 1. The van der Waals surface area contributed by atoms with Crippen molar-refractivity contribution in [3.63, 3.8) is 0 Å². The molecule has 0 aliphatic heterocycles. The van der Waals surface area contributed by atoms with Crippen molar-refractivity contribution >= 4 is 27.1 Å². The molecule has 7 heteroatoms. The van der Waals surface area contributed by atoms with Gasteiger partial charge in [-0.1, -0.05) is 41.9 Å². The molecule has 0 saturated carbocycles. The summed E-state index contributed by atoms with van der Waals surface area (Å²) in [4.78, 5) is -0.389. The van der Waals surface area contributed by atoms with Gasteiger partial charge < -0.3 is 5.73 Å². The van der Waals surface area contributed by atoms with E-state index >= 15 is 0 Å². The minimum Gasteiger partial charge on any atom is -0.399 e. The van der Waals surface area contributed by atoms with Crippen molar-refractivity contribution in [2.45, 2.75) is 10.8 Å². The molecule has 0 bridgehead atoms. The normalized spacial score (nSPS) is 12.3. The Morgan fingerprint density at radius 2 is 1.71 bits per heavy atom. The fraction of sp³-hybridized carbons (Fsp3) is 0.143. The number of hydrogen-bond acceptors (Lipinski definition) is 3. The lowest BCUT2D eigenvalue weighted by Gasteiger charge is -2.17. The smallest absolute Gasteiger partial charge is 0.287 e. The molecule has 2 rings (SSSR count). The number of anilines is 1. The summed E-state index contributed by atoms with van der Waals surface area (Å²) in [7, 11) is -4.28. The maximum absolute atomic E-state index is 14.1. The Labute approximate surface area is 126 Å². The predicted molar refractivity (Wildman–Crippen MR) is 78.3 cm³/mol. The number of nitrogens with two attached hydrogens (primary N) is 1. The van der Waals surface area contributed by atoms with Crippen molar-refractivity contribution in [1.29, 1.82) is 0 Å². The number of halogens is 3. The first-order valence-corrected chi connectivity index (χ1v) is 7.96. The highest BCUT2D eigenvalue weighted by molar-refractivity contribution is 7.91. The van der Waals surface area contributed by atoms with E-state index in [0.29, 0.717) is 0 Å². The van der Waals surface area contributed by atoms with E-state index in [2.05, 4.69) is 0 Å². The van der Waals surface area contributed by atoms with Crippen LogP contribution in [0.1, 0.15) is 5.56 Å². The summed E-state index contributed by atoms with van der Waals surface area (Å²) < 4.78 is 52.6. The van der Waals surface area contributed by atoms with E-state index in [9.17, 15) is 17.2 Å². The summed E-state index contributed by atoms with van der Waals surface area (Å²) in [5, 5.41) is -0.131. The molecule has 0 aliphatic rings. The molecule has 2 aromatic rings. The summed E-state index contributed by atoms with van der Waals surface area (Å²) in [6.07, 6.45) is 0. The first kappa shape index (κ1) is 15.7. The highest BCUT2D eigenvalue weighted by Gasteiger charge is 2.38. The maximum Gasteiger partial charge on any atom is 0.287 e. The van der Waals surface area contributed by atoms with Crippen molar-refractivity contribution in [1.82, 2.24) is 0 Å². The Hall–Kier alpha value is -1.66. The van der Waals surface area contributed by atoms with Crippen LogP contribution in [-0.2, 0) is 15.8 Å². The Morgan fingerprint density at radius 3 is 2.33 bits per heavy atom. The molecule has 0 heterocycles. The van der Waals surface area contributed by atoms with Crippen LogP contribution in [0.2, 0.25) is 5.02 Å². The molecular formula is C14H12ClF2NO2S. The van der Waals surface area contributed by atoms with E-state index in [0.717, 1.165) is 6.07 Å². The van der Waals surface area contributed by atoms with E-state index < -0.39 is 21.5 Å². The van der Waals surface area contributed by atoms with Crippen molar-refractivity contribution in [3.05, 3.63) is 59.1 Å². The largest absolute Gasteiger partial charge is 0.399 e. The molecule has 0 aromatic heterocycles. The Morgan fingerprint density at radius 1 is 1.10 bits per heavy atom. The lowest BCUT2D eigenvalue weighted by atomic mass is 10.1. The summed E-state index contributed by atoms with van der Waals surface area (Å²) in [5.74, 6) is -4.89. The van der Waals surface area contributed by atoms with Gasteiger partial charge in [-0.25, -0.2) is 17.2 Å². The van der Waals surface area contributed by atoms with Gasteiger partial charge in [0, 0.05) is 11.3 Å². The zero-order valence-electron chi connectivity index (χ0n) is 10.8. The van der Waals surface area contributed by atoms with Crippen LogP contribution in [0.25, 0.3) is 0 Å². The van der Waals surface area contributed by atoms with Gasteiger partial charge >= 0.3 is 0 Å². The monoisotopic (exact) mass is 331 g/mol. The second kappa shape index (κ2) is 5.61. The van der Waals surface area contributed by atoms with Crippen molar-refractivity contribution in [3.8, 4) is 0 Å². The molecule has 21 heavy (non-hydrogen) atoms. The molecule has 0 atom stereocenters. The highest BCUT2D eigenvalue weighted by atomic mass is 35.5. The molecule has 0 spiro atoms. The first-order chi connectivity index (χ1) is 9.72. The number of hydrogen-bond donors (Lipinski definition) is 1. The van der Waals surface area contributed by atoms with Gasteiger partial charge in [-0.05, 0) is 18.2 Å². The van der Waals surface area contributed by atoms with Gasteiger partial charge in [0.2, 0.25) is 0 Å². The van der Waals surface area contributed by atoms with Gasteiger partial charge in [0.05, 0.1) is 9.92 Å². The van der Waals surface area contributed by atoms with E-state index in [-0.39, 0.29) is 21.2 Å². The zero-order valence-corrected chi connectivity index (χ0v) is 12.3. The average Bonchev–Trinajstić information content (AvgIpc) is 2.41. The average molecular weight is 332 g/mol. The minimum atomic E-state index is -4.28. The van der Waals surface area contributed by atoms with Crippen LogP contribution in [0.4, 0.5) is 14.5 Å². The molecule has 0 fully saturated rings. The van der Waals surface area contributed by atoms with Crippen molar-refractivity contribution in [2.75, 3.05) is 11.5 Å². The maximum atomic E-state index is 14.1. The topological polar surface area (TPSA) is 60.2 Å². The Balaban J connectivity index is 2.40. The van der Waals surface area contributed by atoms with Gasteiger partial charge in [-0.15, -0.1) is 0 Å². The second-order valence-corrected chi connectivity index (χ2v) is 6.88. The van der Waals surface area contributed by atoms with E-state index in [1.165, 1.54) is 36.4 Å². The summed E-state index contributed by atoms with van der Waals surface area (Å²) >= 11 is 5.78. The van der Waals surface area contributed by atoms with Gasteiger partial charge in [-0.3, -0.25) is 0 Å². The van der Waals surface area contributed by atoms with E-state index in [1.54, 1.807) is 6.07 Å². The van der Waals surface area contributed by atoms with Crippen molar-refractivity contribution in [2.24, 2.45) is 0 Å². The van der Waals surface area contributed by atoms with Crippen LogP contribution in [-0.4, -0.2) is 14.2 Å².